The highest BCUT2D eigenvalue weighted by molar-refractivity contribution is 7.89. The average Bonchev–Trinajstić information content (AvgIpc) is 2.52. The molecule has 0 aliphatic carbocycles. The van der Waals surface area contributed by atoms with E-state index in [2.05, 4.69) is 30.4 Å². The van der Waals surface area contributed by atoms with Gasteiger partial charge >= 0.3 is 0 Å². The lowest BCUT2D eigenvalue weighted by atomic mass is 9.85. The Morgan fingerprint density at radius 2 is 1.73 bits per heavy atom. The van der Waals surface area contributed by atoms with Gasteiger partial charge in [-0.25, -0.2) is 13.1 Å². The highest BCUT2D eigenvalue weighted by Gasteiger charge is 2.24. The standard InChI is InChI=1S/C19H32N2O4S/c1-14-10-16(19(3,4)5)11-15(2)18(14)26(23,24)20-12-17(22)13-21-6-8-25-9-7-21/h10-11,17,20,22H,6-9,12-13H2,1-5H3. The molecule has 148 valence electrons. The quantitative estimate of drug-likeness (QED) is 0.778. The molecule has 1 atom stereocenters. The number of sulfonamides is 1. The summed E-state index contributed by atoms with van der Waals surface area (Å²) in [6.07, 6.45) is -0.752. The maximum Gasteiger partial charge on any atom is 0.241 e. The maximum absolute atomic E-state index is 12.8. The van der Waals surface area contributed by atoms with Gasteiger partial charge in [-0.2, -0.15) is 0 Å². The van der Waals surface area contributed by atoms with Gasteiger partial charge in [-0.05, 0) is 36.0 Å². The first-order valence-corrected chi connectivity index (χ1v) is 10.6. The number of aliphatic hydroxyl groups excluding tert-OH is 1. The minimum atomic E-state index is -3.67. The Balaban J connectivity index is 2.07. The smallest absolute Gasteiger partial charge is 0.241 e. The Morgan fingerprint density at radius 3 is 2.23 bits per heavy atom. The van der Waals surface area contributed by atoms with Crippen molar-refractivity contribution >= 4 is 10.0 Å². The largest absolute Gasteiger partial charge is 0.390 e. The minimum absolute atomic E-state index is 0.000404. The Kier molecular flexibility index (Phi) is 6.85. The molecule has 1 saturated heterocycles. The van der Waals surface area contributed by atoms with E-state index in [0.717, 1.165) is 29.8 Å². The number of nitrogens with one attached hydrogen (secondary N) is 1. The van der Waals surface area contributed by atoms with Crippen LogP contribution in [0.4, 0.5) is 0 Å². The predicted octanol–water partition coefficient (Wildman–Crippen LogP) is 1.57. The van der Waals surface area contributed by atoms with Gasteiger partial charge in [0.05, 0.1) is 24.2 Å². The number of aliphatic hydroxyl groups is 1. The van der Waals surface area contributed by atoms with Gasteiger partial charge in [0, 0.05) is 26.2 Å². The molecule has 2 rings (SSSR count). The van der Waals surface area contributed by atoms with Crippen molar-refractivity contribution in [3.8, 4) is 0 Å². The molecule has 0 spiro atoms. The number of β-amino-alcohol motifs (C(OH)–C–C–N with tert-alkyl or cyclic N) is 1. The van der Waals surface area contributed by atoms with Gasteiger partial charge in [-0.3, -0.25) is 4.90 Å². The molecule has 7 heteroatoms. The van der Waals surface area contributed by atoms with Crippen LogP contribution in [0.1, 0.15) is 37.5 Å². The van der Waals surface area contributed by atoms with E-state index in [-0.39, 0.29) is 12.0 Å². The maximum atomic E-state index is 12.8. The number of ether oxygens (including phenoxy) is 1. The van der Waals surface area contributed by atoms with Crippen LogP contribution < -0.4 is 4.72 Å². The van der Waals surface area contributed by atoms with Crippen molar-refractivity contribution in [1.82, 2.24) is 9.62 Å². The lowest BCUT2D eigenvalue weighted by Crippen LogP contribution is -2.44. The van der Waals surface area contributed by atoms with Crippen molar-refractivity contribution in [2.45, 2.75) is 51.0 Å². The van der Waals surface area contributed by atoms with Crippen LogP contribution in [-0.4, -0.2) is 63.9 Å². The van der Waals surface area contributed by atoms with Crippen molar-refractivity contribution in [2.75, 3.05) is 39.4 Å². The van der Waals surface area contributed by atoms with E-state index in [1.165, 1.54) is 0 Å². The zero-order valence-corrected chi connectivity index (χ0v) is 17.3. The first-order chi connectivity index (χ1) is 12.0. The van der Waals surface area contributed by atoms with Crippen LogP contribution in [-0.2, 0) is 20.2 Å². The highest BCUT2D eigenvalue weighted by atomic mass is 32.2. The molecule has 1 aliphatic heterocycles. The second-order valence-electron chi connectivity index (χ2n) is 8.11. The predicted molar refractivity (Wildman–Crippen MR) is 103 cm³/mol. The summed E-state index contributed by atoms with van der Waals surface area (Å²) in [4.78, 5) is 2.39. The van der Waals surface area contributed by atoms with Gasteiger partial charge < -0.3 is 9.84 Å². The second kappa shape index (κ2) is 8.35. The lowest BCUT2D eigenvalue weighted by molar-refractivity contribution is 0.0158. The summed E-state index contributed by atoms with van der Waals surface area (Å²) >= 11 is 0. The molecule has 2 N–H and O–H groups in total. The number of hydrogen-bond donors (Lipinski definition) is 2. The molecule has 1 fully saturated rings. The highest BCUT2D eigenvalue weighted by Crippen LogP contribution is 2.29. The fraction of sp³-hybridized carbons (Fsp3) is 0.684. The van der Waals surface area contributed by atoms with Crippen molar-refractivity contribution in [3.63, 3.8) is 0 Å². The number of morpholine rings is 1. The molecule has 0 radical (unpaired) electrons. The van der Waals surface area contributed by atoms with Gasteiger partial charge in [0.2, 0.25) is 10.0 Å². The molecule has 1 unspecified atom stereocenters. The number of benzene rings is 1. The van der Waals surface area contributed by atoms with Gasteiger partial charge in [-0.15, -0.1) is 0 Å². The van der Waals surface area contributed by atoms with Crippen LogP contribution in [0.5, 0.6) is 0 Å². The molecule has 6 nitrogen and oxygen atoms in total. The Bertz CT molecular complexity index is 697. The normalized spacial score (nSPS) is 18.1. The lowest BCUT2D eigenvalue weighted by Gasteiger charge is -2.28. The molecule has 0 bridgehead atoms. The second-order valence-corrected chi connectivity index (χ2v) is 9.81. The molecule has 0 saturated carbocycles. The van der Waals surface area contributed by atoms with E-state index in [4.69, 9.17) is 4.74 Å². The van der Waals surface area contributed by atoms with E-state index in [9.17, 15) is 13.5 Å². The molecule has 1 aliphatic rings. The van der Waals surface area contributed by atoms with Crippen molar-refractivity contribution in [3.05, 3.63) is 28.8 Å². The Hall–Kier alpha value is -0.990. The van der Waals surface area contributed by atoms with Gasteiger partial charge in [0.25, 0.3) is 0 Å². The molecule has 1 heterocycles. The third-order valence-electron chi connectivity index (χ3n) is 4.68. The van der Waals surface area contributed by atoms with Gasteiger partial charge in [0.1, 0.15) is 0 Å². The Labute approximate surface area is 157 Å². The summed E-state index contributed by atoms with van der Waals surface area (Å²) in [6.45, 7) is 13.2. The van der Waals surface area contributed by atoms with E-state index in [1.54, 1.807) is 0 Å². The molecular formula is C19H32N2O4S. The Morgan fingerprint density at radius 1 is 1.19 bits per heavy atom. The molecule has 1 aromatic rings. The first-order valence-electron chi connectivity index (χ1n) is 9.10. The molecular weight excluding hydrogens is 352 g/mol. The van der Waals surface area contributed by atoms with Crippen LogP contribution in [0.2, 0.25) is 0 Å². The SMILES string of the molecule is Cc1cc(C(C)(C)C)cc(C)c1S(=O)(=O)NCC(O)CN1CCOCC1. The summed E-state index contributed by atoms with van der Waals surface area (Å²) in [5.74, 6) is 0. The molecule has 0 aromatic heterocycles. The van der Waals surface area contributed by atoms with Crippen molar-refractivity contribution in [1.29, 1.82) is 0 Å². The van der Waals surface area contributed by atoms with Crippen LogP contribution in [0.15, 0.2) is 17.0 Å². The van der Waals surface area contributed by atoms with Crippen LogP contribution >= 0.6 is 0 Å². The third-order valence-corrected chi connectivity index (χ3v) is 6.40. The number of rotatable bonds is 6. The van der Waals surface area contributed by atoms with Crippen LogP contribution in [0.25, 0.3) is 0 Å². The fourth-order valence-corrected chi connectivity index (χ4v) is 4.75. The van der Waals surface area contributed by atoms with Gasteiger partial charge in [0.15, 0.2) is 0 Å². The van der Waals surface area contributed by atoms with E-state index >= 15 is 0 Å². The van der Waals surface area contributed by atoms with Gasteiger partial charge in [-0.1, -0.05) is 32.9 Å². The van der Waals surface area contributed by atoms with Crippen molar-refractivity contribution in [2.24, 2.45) is 0 Å². The molecule has 26 heavy (non-hydrogen) atoms. The van der Waals surface area contributed by atoms with Crippen LogP contribution in [0, 0.1) is 13.8 Å². The third kappa shape index (κ3) is 5.50. The molecule has 0 amide bonds. The summed E-state index contributed by atoms with van der Waals surface area (Å²) in [6, 6.07) is 3.87. The summed E-state index contributed by atoms with van der Waals surface area (Å²) < 4.78 is 33.4. The monoisotopic (exact) mass is 384 g/mol. The zero-order valence-electron chi connectivity index (χ0n) is 16.5. The number of hydrogen-bond acceptors (Lipinski definition) is 5. The minimum Gasteiger partial charge on any atom is -0.390 e. The summed E-state index contributed by atoms with van der Waals surface area (Å²) in [5.41, 5.74) is 2.52. The fourth-order valence-electron chi connectivity index (χ4n) is 3.23. The first kappa shape index (κ1) is 21.3. The zero-order chi connectivity index (χ0) is 19.5. The topological polar surface area (TPSA) is 78.9 Å². The van der Waals surface area contributed by atoms with E-state index in [1.807, 2.05) is 26.0 Å². The molecule has 1 aromatic carbocycles. The number of aryl methyl sites for hydroxylation is 2. The van der Waals surface area contributed by atoms with E-state index in [0.29, 0.717) is 24.7 Å². The van der Waals surface area contributed by atoms with Crippen molar-refractivity contribution < 1.29 is 18.3 Å². The average molecular weight is 385 g/mol. The summed E-state index contributed by atoms with van der Waals surface area (Å²) in [5, 5.41) is 10.2. The van der Waals surface area contributed by atoms with E-state index < -0.39 is 16.1 Å². The summed E-state index contributed by atoms with van der Waals surface area (Å²) in [7, 11) is -3.67. The van der Waals surface area contributed by atoms with Crippen LogP contribution in [0.3, 0.4) is 0 Å². The number of nitrogens with zero attached hydrogens (tertiary/aromatic N) is 1.